The second kappa shape index (κ2) is 4.29. The lowest BCUT2D eigenvalue weighted by molar-refractivity contribution is 0.488. The number of hydrogen-bond donors (Lipinski definition) is 1. The summed E-state index contributed by atoms with van der Waals surface area (Å²) in [4.78, 5) is 11.6. The fraction of sp³-hybridized carbons (Fsp3) is 0.250. The molecule has 100 valence electrons. The Balaban J connectivity index is 2.28. The van der Waals surface area contributed by atoms with Crippen molar-refractivity contribution in [1.82, 2.24) is 0 Å². The molecule has 0 aliphatic heterocycles. The first-order valence-electron chi connectivity index (χ1n) is 5.74. The van der Waals surface area contributed by atoms with Crippen LogP contribution in [0.5, 0.6) is 5.75 Å². The Labute approximate surface area is 113 Å². The Morgan fingerprint density at radius 3 is 2.53 bits per heavy atom. The van der Waals surface area contributed by atoms with Gasteiger partial charge in [0.05, 0.1) is 0 Å². The van der Waals surface area contributed by atoms with Gasteiger partial charge in [0.2, 0.25) is 4.74 Å². The Kier molecular flexibility index (Phi) is 2.84. The minimum absolute atomic E-state index is 0.0388. The van der Waals surface area contributed by atoms with E-state index < -0.39 is 10.3 Å². The van der Waals surface area contributed by atoms with Crippen LogP contribution in [-0.4, -0.2) is 8.42 Å². The topological polar surface area (TPSA) is 86.5 Å². The molecule has 7 heteroatoms. The predicted molar refractivity (Wildman–Crippen MR) is 73.9 cm³/mol. The van der Waals surface area contributed by atoms with Gasteiger partial charge in [-0.3, -0.25) is 4.79 Å². The van der Waals surface area contributed by atoms with Crippen molar-refractivity contribution in [3.63, 3.8) is 0 Å². The van der Waals surface area contributed by atoms with Gasteiger partial charge in [0.15, 0.2) is 0 Å². The van der Waals surface area contributed by atoms with Crippen molar-refractivity contribution < 1.29 is 12.6 Å². The summed E-state index contributed by atoms with van der Waals surface area (Å²) < 4.78 is 27.4. The van der Waals surface area contributed by atoms with Crippen LogP contribution in [0.2, 0.25) is 0 Å². The molecule has 1 aliphatic carbocycles. The highest BCUT2D eigenvalue weighted by atomic mass is 32.2. The standard InChI is InChI=1S/C12H11NO4S2/c13-19(15,16)17-9-4-7-2-1-3-8-5-11(14)18-10(6-9)12(7)8/h4-6H,1-3H2,(H2,13,15,16). The molecule has 0 amide bonds. The first-order valence-corrected chi connectivity index (χ1v) is 8.03. The van der Waals surface area contributed by atoms with Gasteiger partial charge in [0, 0.05) is 10.8 Å². The Bertz CT molecular complexity index is 823. The summed E-state index contributed by atoms with van der Waals surface area (Å²) >= 11 is 1.09. The molecule has 3 rings (SSSR count). The van der Waals surface area contributed by atoms with Crippen molar-refractivity contribution in [2.75, 3.05) is 0 Å². The Hall–Kier alpha value is -1.44. The van der Waals surface area contributed by atoms with Crippen LogP contribution in [0.15, 0.2) is 23.0 Å². The molecular weight excluding hydrogens is 286 g/mol. The quantitative estimate of drug-likeness (QED) is 0.906. The van der Waals surface area contributed by atoms with Crippen molar-refractivity contribution >= 4 is 31.7 Å². The number of hydrogen-bond acceptors (Lipinski definition) is 5. The van der Waals surface area contributed by atoms with Crippen LogP contribution in [0.1, 0.15) is 17.5 Å². The molecule has 19 heavy (non-hydrogen) atoms. The number of benzene rings is 1. The van der Waals surface area contributed by atoms with E-state index in [0.717, 1.165) is 51.8 Å². The van der Waals surface area contributed by atoms with E-state index in [9.17, 15) is 13.2 Å². The molecule has 0 unspecified atom stereocenters. The second-order valence-corrected chi connectivity index (χ2v) is 6.67. The van der Waals surface area contributed by atoms with Crippen LogP contribution in [0.25, 0.3) is 10.1 Å². The normalized spacial score (nSPS) is 14.6. The molecule has 0 fully saturated rings. The molecule has 0 saturated heterocycles. The summed E-state index contributed by atoms with van der Waals surface area (Å²) in [5.74, 6) is 0.166. The van der Waals surface area contributed by atoms with Gasteiger partial charge in [-0.2, -0.15) is 13.6 Å². The highest BCUT2D eigenvalue weighted by Gasteiger charge is 2.17. The first-order chi connectivity index (χ1) is 8.92. The van der Waals surface area contributed by atoms with Gasteiger partial charge in [0.1, 0.15) is 5.75 Å². The van der Waals surface area contributed by atoms with Crippen molar-refractivity contribution in [2.24, 2.45) is 5.14 Å². The fourth-order valence-corrected chi connectivity index (χ4v) is 3.81. The van der Waals surface area contributed by atoms with Crippen LogP contribution >= 0.6 is 11.3 Å². The van der Waals surface area contributed by atoms with Crippen molar-refractivity contribution in [1.29, 1.82) is 0 Å². The first kappa shape index (κ1) is 12.6. The van der Waals surface area contributed by atoms with E-state index in [1.807, 2.05) is 0 Å². The Morgan fingerprint density at radius 2 is 1.84 bits per heavy atom. The minimum atomic E-state index is -4.05. The van der Waals surface area contributed by atoms with E-state index in [2.05, 4.69) is 0 Å². The summed E-state index contributed by atoms with van der Waals surface area (Å²) in [5.41, 5.74) is 2.04. The summed E-state index contributed by atoms with van der Waals surface area (Å²) in [6.45, 7) is 0. The van der Waals surface area contributed by atoms with E-state index in [1.165, 1.54) is 0 Å². The second-order valence-electron chi connectivity index (χ2n) is 4.48. The van der Waals surface area contributed by atoms with Gasteiger partial charge in [-0.25, -0.2) is 0 Å². The molecule has 0 bridgehead atoms. The van der Waals surface area contributed by atoms with Gasteiger partial charge >= 0.3 is 10.3 Å². The zero-order chi connectivity index (χ0) is 13.6. The molecule has 0 radical (unpaired) electrons. The molecular formula is C12H11NO4S2. The zero-order valence-corrected chi connectivity index (χ0v) is 11.5. The molecule has 5 nitrogen and oxygen atoms in total. The van der Waals surface area contributed by atoms with E-state index in [-0.39, 0.29) is 10.5 Å². The largest absolute Gasteiger partial charge is 0.380 e. The molecule has 1 aliphatic rings. The van der Waals surface area contributed by atoms with E-state index in [4.69, 9.17) is 9.32 Å². The van der Waals surface area contributed by atoms with Crippen LogP contribution < -0.4 is 14.1 Å². The average molecular weight is 297 g/mol. The zero-order valence-electron chi connectivity index (χ0n) is 9.88. The molecule has 0 saturated carbocycles. The van der Waals surface area contributed by atoms with Gasteiger partial charge in [0.25, 0.3) is 0 Å². The van der Waals surface area contributed by atoms with Gasteiger partial charge < -0.3 is 4.18 Å². The van der Waals surface area contributed by atoms with Crippen LogP contribution in [0.3, 0.4) is 0 Å². The predicted octanol–water partition coefficient (Wildman–Crippen LogP) is 1.33. The lowest BCUT2D eigenvalue weighted by Gasteiger charge is -2.17. The van der Waals surface area contributed by atoms with Crippen molar-refractivity contribution in [3.8, 4) is 5.75 Å². The molecule has 1 aromatic carbocycles. The third-order valence-corrected chi connectivity index (χ3v) is 4.37. The lowest BCUT2D eigenvalue weighted by atomic mass is 9.92. The summed E-state index contributed by atoms with van der Waals surface area (Å²) in [7, 11) is -4.05. The van der Waals surface area contributed by atoms with Crippen molar-refractivity contribution in [2.45, 2.75) is 19.3 Å². The highest BCUT2D eigenvalue weighted by molar-refractivity contribution is 7.84. The monoisotopic (exact) mass is 297 g/mol. The maximum absolute atomic E-state index is 11.6. The van der Waals surface area contributed by atoms with E-state index in [0.29, 0.717) is 0 Å². The molecule has 2 aromatic rings. The maximum atomic E-state index is 11.6. The van der Waals surface area contributed by atoms with Crippen LogP contribution in [0.4, 0.5) is 0 Å². The van der Waals surface area contributed by atoms with E-state index in [1.54, 1.807) is 18.2 Å². The molecule has 0 spiro atoms. The maximum Gasteiger partial charge on any atom is 0.380 e. The molecule has 2 N–H and O–H groups in total. The summed E-state index contributed by atoms with van der Waals surface area (Å²) in [5, 5.41) is 5.92. The van der Waals surface area contributed by atoms with Gasteiger partial charge in [-0.05, 0) is 47.9 Å². The van der Waals surface area contributed by atoms with E-state index >= 15 is 0 Å². The number of nitrogens with two attached hydrogens (primary N) is 1. The minimum Gasteiger partial charge on any atom is -0.371 e. The molecule has 1 heterocycles. The third-order valence-electron chi connectivity index (χ3n) is 3.09. The van der Waals surface area contributed by atoms with Crippen LogP contribution in [-0.2, 0) is 23.1 Å². The summed E-state index contributed by atoms with van der Waals surface area (Å²) in [6, 6.07) is 4.91. The van der Waals surface area contributed by atoms with Gasteiger partial charge in [-0.15, -0.1) is 0 Å². The lowest BCUT2D eigenvalue weighted by Crippen LogP contribution is -2.19. The SMILES string of the molecule is NS(=O)(=O)Oc1cc2c3c(cc(=O)sc3c1)CCC2. The smallest absolute Gasteiger partial charge is 0.371 e. The molecule has 0 atom stereocenters. The highest BCUT2D eigenvalue weighted by Crippen LogP contribution is 2.34. The average Bonchev–Trinajstić information content (AvgIpc) is 2.25. The van der Waals surface area contributed by atoms with Gasteiger partial charge in [-0.1, -0.05) is 11.3 Å². The number of rotatable bonds is 2. The van der Waals surface area contributed by atoms with Crippen molar-refractivity contribution in [3.05, 3.63) is 38.9 Å². The Morgan fingerprint density at radius 1 is 1.16 bits per heavy atom. The third kappa shape index (κ3) is 2.49. The fourth-order valence-electron chi connectivity index (χ4n) is 2.49. The summed E-state index contributed by atoms with van der Waals surface area (Å²) in [6.07, 6.45) is 2.66. The molecule has 1 aromatic heterocycles. The van der Waals surface area contributed by atoms with Crippen LogP contribution in [0, 0.1) is 0 Å². The number of aryl methyl sites for hydroxylation is 2.